The summed E-state index contributed by atoms with van der Waals surface area (Å²) in [6.07, 6.45) is 0.196. The Hall–Kier alpha value is -2.93. The number of ether oxygens (including phenoxy) is 1. The van der Waals surface area contributed by atoms with Crippen LogP contribution in [0.2, 0.25) is 0 Å². The Morgan fingerprint density at radius 1 is 1.26 bits per heavy atom. The fourth-order valence-corrected chi connectivity index (χ4v) is 4.15. The molecule has 2 heterocycles. The molecule has 7 heteroatoms. The predicted molar refractivity (Wildman–Crippen MR) is 106 cm³/mol. The SMILES string of the molecule is COc1ccc(N2CC(C(=O)Nc3nc4ccc(C)cc4s3)CC2=O)cc1. The van der Waals surface area contributed by atoms with Crippen LogP contribution in [-0.4, -0.2) is 30.5 Å². The molecular weight excluding hydrogens is 362 g/mol. The lowest BCUT2D eigenvalue weighted by Gasteiger charge is -2.16. The second-order valence-electron chi connectivity index (χ2n) is 6.58. The first-order valence-corrected chi connectivity index (χ1v) is 9.47. The topological polar surface area (TPSA) is 71.5 Å². The first kappa shape index (κ1) is 17.5. The number of nitrogens with zero attached hydrogens (tertiary/aromatic N) is 2. The van der Waals surface area contributed by atoms with Crippen molar-refractivity contribution in [2.24, 2.45) is 5.92 Å². The van der Waals surface area contributed by atoms with Crippen molar-refractivity contribution in [2.75, 3.05) is 23.9 Å². The predicted octanol–water partition coefficient (Wildman–Crippen LogP) is 3.60. The van der Waals surface area contributed by atoms with Crippen molar-refractivity contribution in [3.05, 3.63) is 48.0 Å². The van der Waals surface area contributed by atoms with Crippen LogP contribution >= 0.6 is 11.3 Å². The molecular formula is C20H19N3O3S. The van der Waals surface area contributed by atoms with E-state index >= 15 is 0 Å². The van der Waals surface area contributed by atoms with Crippen molar-refractivity contribution in [3.8, 4) is 5.75 Å². The lowest BCUT2D eigenvalue weighted by molar-refractivity contribution is -0.122. The molecule has 6 nitrogen and oxygen atoms in total. The molecule has 2 amide bonds. The van der Waals surface area contributed by atoms with Gasteiger partial charge in [0.05, 0.1) is 23.2 Å². The minimum atomic E-state index is -0.395. The number of aryl methyl sites for hydroxylation is 1. The minimum Gasteiger partial charge on any atom is -0.497 e. The van der Waals surface area contributed by atoms with Gasteiger partial charge in [-0.15, -0.1) is 0 Å². The van der Waals surface area contributed by atoms with Gasteiger partial charge in [-0.2, -0.15) is 0 Å². The molecule has 138 valence electrons. The third-order valence-electron chi connectivity index (χ3n) is 4.65. The number of rotatable bonds is 4. The monoisotopic (exact) mass is 381 g/mol. The summed E-state index contributed by atoms with van der Waals surface area (Å²) in [6.45, 7) is 2.39. The van der Waals surface area contributed by atoms with E-state index in [2.05, 4.69) is 10.3 Å². The second kappa shape index (κ2) is 7.00. The van der Waals surface area contributed by atoms with E-state index in [0.717, 1.165) is 27.2 Å². The molecule has 0 bridgehead atoms. The van der Waals surface area contributed by atoms with Gasteiger partial charge in [0.25, 0.3) is 0 Å². The third-order valence-corrected chi connectivity index (χ3v) is 5.59. The van der Waals surface area contributed by atoms with Crippen molar-refractivity contribution in [1.29, 1.82) is 0 Å². The van der Waals surface area contributed by atoms with Crippen LogP contribution in [0, 0.1) is 12.8 Å². The molecule has 0 aliphatic carbocycles. The minimum absolute atomic E-state index is 0.0553. The zero-order valence-electron chi connectivity index (χ0n) is 15.1. The number of hydrogen-bond acceptors (Lipinski definition) is 5. The molecule has 0 radical (unpaired) electrons. The molecule has 1 aliphatic rings. The number of benzene rings is 2. The van der Waals surface area contributed by atoms with Gasteiger partial charge in [-0.3, -0.25) is 9.59 Å². The molecule has 4 rings (SSSR count). The second-order valence-corrected chi connectivity index (χ2v) is 7.61. The molecule has 0 saturated carbocycles. The fourth-order valence-electron chi connectivity index (χ4n) is 3.19. The van der Waals surface area contributed by atoms with Crippen LogP contribution in [0.1, 0.15) is 12.0 Å². The van der Waals surface area contributed by atoms with Crippen LogP contribution in [0.4, 0.5) is 10.8 Å². The van der Waals surface area contributed by atoms with Crippen LogP contribution in [0.15, 0.2) is 42.5 Å². The van der Waals surface area contributed by atoms with Gasteiger partial charge >= 0.3 is 0 Å². The highest BCUT2D eigenvalue weighted by Gasteiger charge is 2.35. The summed E-state index contributed by atoms with van der Waals surface area (Å²) in [7, 11) is 1.60. The standard InChI is InChI=1S/C20H19N3O3S/c1-12-3-8-16-17(9-12)27-20(21-16)22-19(25)13-10-18(24)23(11-13)14-4-6-15(26-2)7-5-14/h3-9,13H,10-11H2,1-2H3,(H,21,22,25). The first-order chi connectivity index (χ1) is 13.0. The molecule has 1 unspecified atom stereocenters. The van der Waals surface area contributed by atoms with Gasteiger partial charge in [-0.1, -0.05) is 17.4 Å². The number of aromatic nitrogens is 1. The van der Waals surface area contributed by atoms with Crippen molar-refractivity contribution >= 4 is 44.2 Å². The summed E-state index contributed by atoms with van der Waals surface area (Å²) in [4.78, 5) is 31.1. The van der Waals surface area contributed by atoms with Crippen molar-refractivity contribution < 1.29 is 14.3 Å². The Kier molecular flexibility index (Phi) is 4.53. The number of carbonyl (C=O) groups excluding carboxylic acids is 2. The highest BCUT2D eigenvalue weighted by Crippen LogP contribution is 2.30. The summed E-state index contributed by atoms with van der Waals surface area (Å²) < 4.78 is 6.18. The molecule has 27 heavy (non-hydrogen) atoms. The Labute approximate surface area is 160 Å². The smallest absolute Gasteiger partial charge is 0.231 e. The molecule has 1 N–H and O–H groups in total. The zero-order valence-corrected chi connectivity index (χ0v) is 15.9. The quantitative estimate of drug-likeness (QED) is 0.749. The first-order valence-electron chi connectivity index (χ1n) is 8.66. The highest BCUT2D eigenvalue weighted by atomic mass is 32.1. The lowest BCUT2D eigenvalue weighted by Crippen LogP contribution is -2.28. The number of thiazole rings is 1. The van der Waals surface area contributed by atoms with Gasteiger partial charge in [0.2, 0.25) is 11.8 Å². The van der Waals surface area contributed by atoms with Crippen molar-refractivity contribution in [2.45, 2.75) is 13.3 Å². The maximum Gasteiger partial charge on any atom is 0.231 e. The summed E-state index contributed by atoms with van der Waals surface area (Å²) in [5.74, 6) is 0.106. The van der Waals surface area contributed by atoms with Crippen LogP contribution in [0.25, 0.3) is 10.2 Å². The normalized spacial score (nSPS) is 16.7. The largest absolute Gasteiger partial charge is 0.497 e. The van der Waals surface area contributed by atoms with Gasteiger partial charge < -0.3 is 15.0 Å². The van der Waals surface area contributed by atoms with E-state index in [4.69, 9.17) is 4.74 Å². The average molecular weight is 381 g/mol. The summed E-state index contributed by atoms with van der Waals surface area (Å²) >= 11 is 1.45. The summed E-state index contributed by atoms with van der Waals surface area (Å²) in [6, 6.07) is 13.3. The van der Waals surface area contributed by atoms with E-state index in [1.165, 1.54) is 11.3 Å². The van der Waals surface area contributed by atoms with E-state index in [1.807, 2.05) is 37.3 Å². The van der Waals surface area contributed by atoms with Gasteiger partial charge in [-0.25, -0.2) is 4.98 Å². The number of amides is 2. The van der Waals surface area contributed by atoms with Crippen LogP contribution < -0.4 is 15.0 Å². The van der Waals surface area contributed by atoms with Crippen LogP contribution in [0.3, 0.4) is 0 Å². The van der Waals surface area contributed by atoms with Gasteiger partial charge in [-0.05, 0) is 48.9 Å². The Morgan fingerprint density at radius 3 is 2.78 bits per heavy atom. The number of nitrogens with one attached hydrogen (secondary N) is 1. The maximum absolute atomic E-state index is 12.6. The van der Waals surface area contributed by atoms with E-state index in [-0.39, 0.29) is 18.2 Å². The number of hydrogen-bond donors (Lipinski definition) is 1. The lowest BCUT2D eigenvalue weighted by atomic mass is 10.1. The molecule has 3 aromatic rings. The number of fused-ring (bicyclic) bond motifs is 1. The summed E-state index contributed by atoms with van der Waals surface area (Å²) in [5, 5.41) is 3.44. The van der Waals surface area contributed by atoms with E-state index in [0.29, 0.717) is 11.7 Å². The maximum atomic E-state index is 12.6. The van der Waals surface area contributed by atoms with Crippen LogP contribution in [0.5, 0.6) is 5.75 Å². The van der Waals surface area contributed by atoms with E-state index in [9.17, 15) is 9.59 Å². The van der Waals surface area contributed by atoms with E-state index < -0.39 is 5.92 Å². The number of anilines is 2. The third kappa shape index (κ3) is 3.50. The Bertz CT molecular complexity index is 1010. The molecule has 1 saturated heterocycles. The summed E-state index contributed by atoms with van der Waals surface area (Å²) in [5.41, 5.74) is 2.79. The van der Waals surface area contributed by atoms with Crippen molar-refractivity contribution in [3.63, 3.8) is 0 Å². The number of methoxy groups -OCH3 is 1. The highest BCUT2D eigenvalue weighted by molar-refractivity contribution is 7.22. The van der Waals surface area contributed by atoms with Crippen molar-refractivity contribution in [1.82, 2.24) is 4.98 Å². The van der Waals surface area contributed by atoms with Crippen LogP contribution in [-0.2, 0) is 9.59 Å². The number of carbonyl (C=O) groups is 2. The Balaban J connectivity index is 1.46. The molecule has 1 fully saturated rings. The molecule has 0 spiro atoms. The zero-order chi connectivity index (χ0) is 19.0. The fraction of sp³-hybridized carbons (Fsp3) is 0.250. The molecule has 2 aromatic carbocycles. The molecule has 1 aromatic heterocycles. The van der Waals surface area contributed by atoms with Gasteiger partial charge in [0.1, 0.15) is 5.75 Å². The molecule has 1 aliphatic heterocycles. The molecule has 1 atom stereocenters. The van der Waals surface area contributed by atoms with Gasteiger partial charge in [0, 0.05) is 18.7 Å². The van der Waals surface area contributed by atoms with E-state index in [1.54, 1.807) is 24.1 Å². The average Bonchev–Trinajstić information content (AvgIpc) is 3.24. The Morgan fingerprint density at radius 2 is 2.04 bits per heavy atom. The van der Waals surface area contributed by atoms with Gasteiger partial charge in [0.15, 0.2) is 5.13 Å².